The van der Waals surface area contributed by atoms with E-state index in [1.807, 2.05) is 6.07 Å². The molecule has 1 amide bonds. The molecule has 1 aliphatic rings. The summed E-state index contributed by atoms with van der Waals surface area (Å²) >= 11 is 0. The molecule has 1 saturated heterocycles. The number of nitrogens with zero attached hydrogens (tertiary/aromatic N) is 2. The molecule has 1 aromatic carbocycles. The van der Waals surface area contributed by atoms with Crippen LogP contribution >= 0.6 is 0 Å². The smallest absolute Gasteiger partial charge is 0.315 e. The molecule has 0 aliphatic carbocycles. The van der Waals surface area contributed by atoms with E-state index in [4.69, 9.17) is 9.84 Å². The Morgan fingerprint density at radius 1 is 1.21 bits per heavy atom. The monoisotopic (exact) mass is 394 g/mol. The van der Waals surface area contributed by atoms with Crippen molar-refractivity contribution in [1.82, 2.24) is 9.88 Å². The Balaban J connectivity index is 1.87. The molecule has 1 aliphatic heterocycles. The van der Waals surface area contributed by atoms with Crippen LogP contribution in [0.2, 0.25) is 0 Å². The van der Waals surface area contributed by atoms with Crippen LogP contribution < -0.4 is 0 Å². The van der Waals surface area contributed by atoms with Crippen LogP contribution in [-0.2, 0) is 16.1 Å². The number of aliphatic hydroxyl groups excluding tert-OH is 1. The second-order valence-electron chi connectivity index (χ2n) is 7.03. The van der Waals surface area contributed by atoms with E-state index in [-0.39, 0.29) is 6.61 Å². The Morgan fingerprint density at radius 2 is 1.86 bits per heavy atom. The minimum Gasteiger partial charge on any atom is -0.390 e. The molecule has 2 atom stereocenters. The fraction of sp³-hybridized carbons (Fsp3) is 0.400. The maximum Gasteiger partial charge on any atom is 0.315 e. The third-order valence-corrected chi connectivity index (χ3v) is 4.82. The fourth-order valence-corrected chi connectivity index (χ4v) is 3.51. The lowest BCUT2D eigenvalue weighted by atomic mass is 9.99. The molecule has 0 saturated carbocycles. The zero-order chi connectivity index (χ0) is 20.5. The first-order chi connectivity index (χ1) is 13.3. The van der Waals surface area contributed by atoms with Crippen LogP contribution in [0.3, 0.4) is 0 Å². The van der Waals surface area contributed by atoms with Gasteiger partial charge in [-0.1, -0.05) is 30.3 Å². The van der Waals surface area contributed by atoms with Gasteiger partial charge in [0.25, 0.3) is 5.91 Å². The lowest BCUT2D eigenvalue weighted by molar-refractivity contribution is -0.159. The van der Waals surface area contributed by atoms with Crippen molar-refractivity contribution in [2.24, 2.45) is 0 Å². The highest BCUT2D eigenvalue weighted by molar-refractivity contribution is 5.80. The summed E-state index contributed by atoms with van der Waals surface area (Å²) in [6, 6.07) is 9.40. The molecule has 0 radical (unpaired) electrons. The highest BCUT2D eigenvalue weighted by Crippen LogP contribution is 2.42. The molecule has 2 heterocycles. The Kier molecular flexibility index (Phi) is 5.71. The highest BCUT2D eigenvalue weighted by atomic mass is 19.3. The van der Waals surface area contributed by atoms with Crippen LogP contribution in [-0.4, -0.2) is 45.8 Å². The van der Waals surface area contributed by atoms with Gasteiger partial charge >= 0.3 is 6.43 Å². The molecule has 150 valence electrons. The third-order valence-electron chi connectivity index (χ3n) is 4.82. The Hall–Kier alpha value is -2.45. The highest BCUT2D eigenvalue weighted by Gasteiger charge is 2.52. The van der Waals surface area contributed by atoms with Crippen molar-refractivity contribution in [1.29, 1.82) is 0 Å². The van der Waals surface area contributed by atoms with Gasteiger partial charge in [0.15, 0.2) is 0 Å². The summed E-state index contributed by atoms with van der Waals surface area (Å²) in [5.41, 5.74) is 1.46. The number of aromatic nitrogens is 1. The molecule has 1 aromatic heterocycles. The SMILES string of the molecule is CC1(C)OC(c2ccc(-c3ccc(CO)nc3)cc2)C(CF)N1C(=O)C(F)F. The van der Waals surface area contributed by atoms with Gasteiger partial charge < -0.3 is 14.7 Å². The maximum absolute atomic E-state index is 13.7. The van der Waals surface area contributed by atoms with E-state index < -0.39 is 36.9 Å². The van der Waals surface area contributed by atoms with Crippen LogP contribution in [0.25, 0.3) is 11.1 Å². The van der Waals surface area contributed by atoms with E-state index in [2.05, 4.69) is 4.98 Å². The van der Waals surface area contributed by atoms with Crippen LogP contribution in [0, 0.1) is 0 Å². The number of benzene rings is 1. The predicted octanol–water partition coefficient (Wildman–Crippen LogP) is 3.48. The minimum absolute atomic E-state index is 0.146. The quantitative estimate of drug-likeness (QED) is 0.844. The molecule has 1 fully saturated rings. The van der Waals surface area contributed by atoms with Crippen molar-refractivity contribution in [3.05, 3.63) is 53.9 Å². The molecule has 8 heteroatoms. The van der Waals surface area contributed by atoms with Crippen LogP contribution in [0.15, 0.2) is 42.6 Å². The second-order valence-corrected chi connectivity index (χ2v) is 7.03. The van der Waals surface area contributed by atoms with E-state index in [1.165, 1.54) is 13.8 Å². The Bertz CT molecular complexity index is 826. The molecule has 28 heavy (non-hydrogen) atoms. The molecule has 5 nitrogen and oxygen atoms in total. The molecule has 3 rings (SSSR count). The Morgan fingerprint density at radius 3 is 2.36 bits per heavy atom. The van der Waals surface area contributed by atoms with Gasteiger partial charge in [0, 0.05) is 11.8 Å². The lowest BCUT2D eigenvalue weighted by Crippen LogP contribution is -2.51. The normalized spacial score (nSPS) is 21.3. The number of rotatable bonds is 5. The fourth-order valence-electron chi connectivity index (χ4n) is 3.51. The molecule has 0 spiro atoms. The number of ether oxygens (including phenoxy) is 1. The van der Waals surface area contributed by atoms with E-state index in [9.17, 15) is 18.0 Å². The lowest BCUT2D eigenvalue weighted by Gasteiger charge is -2.32. The van der Waals surface area contributed by atoms with Crippen molar-refractivity contribution in [3.63, 3.8) is 0 Å². The van der Waals surface area contributed by atoms with Crippen molar-refractivity contribution in [2.45, 2.75) is 44.8 Å². The first-order valence-corrected chi connectivity index (χ1v) is 8.79. The number of alkyl halides is 3. The van der Waals surface area contributed by atoms with E-state index in [0.29, 0.717) is 11.3 Å². The van der Waals surface area contributed by atoms with Gasteiger partial charge in [-0.05, 0) is 31.0 Å². The first-order valence-electron chi connectivity index (χ1n) is 8.79. The summed E-state index contributed by atoms with van der Waals surface area (Å²) in [6.07, 6.45) is -2.46. The molecular formula is C20H21F3N2O3. The van der Waals surface area contributed by atoms with Gasteiger partial charge in [0.05, 0.1) is 18.3 Å². The second kappa shape index (κ2) is 7.89. The zero-order valence-corrected chi connectivity index (χ0v) is 15.5. The topological polar surface area (TPSA) is 62.7 Å². The number of hydrogen-bond donors (Lipinski definition) is 1. The van der Waals surface area contributed by atoms with Gasteiger partial charge in [-0.2, -0.15) is 8.78 Å². The summed E-state index contributed by atoms with van der Waals surface area (Å²) in [7, 11) is 0. The molecule has 1 N–H and O–H groups in total. The van der Waals surface area contributed by atoms with Crippen molar-refractivity contribution >= 4 is 5.91 Å². The number of aliphatic hydroxyl groups is 1. The van der Waals surface area contributed by atoms with Crippen LogP contribution in [0.1, 0.15) is 31.2 Å². The third kappa shape index (κ3) is 3.74. The largest absolute Gasteiger partial charge is 0.390 e. The summed E-state index contributed by atoms with van der Waals surface area (Å²) in [5.74, 6) is -1.44. The number of hydrogen-bond acceptors (Lipinski definition) is 4. The van der Waals surface area contributed by atoms with Crippen molar-refractivity contribution < 1.29 is 27.8 Å². The number of halogens is 3. The number of amides is 1. The predicted molar refractivity (Wildman–Crippen MR) is 96.1 cm³/mol. The van der Waals surface area contributed by atoms with Crippen LogP contribution in [0.5, 0.6) is 0 Å². The van der Waals surface area contributed by atoms with E-state index in [0.717, 1.165) is 16.0 Å². The van der Waals surface area contributed by atoms with Gasteiger partial charge in [-0.25, -0.2) is 4.39 Å². The van der Waals surface area contributed by atoms with E-state index in [1.54, 1.807) is 36.5 Å². The molecule has 0 bridgehead atoms. The average Bonchev–Trinajstić information content (AvgIpc) is 2.97. The average molecular weight is 394 g/mol. The van der Waals surface area contributed by atoms with Gasteiger partial charge in [0.2, 0.25) is 0 Å². The molecule has 2 unspecified atom stereocenters. The number of carbonyl (C=O) groups excluding carboxylic acids is 1. The summed E-state index contributed by atoms with van der Waals surface area (Å²) in [4.78, 5) is 16.8. The minimum atomic E-state index is -3.23. The standard InChI is InChI=1S/C20H21F3N2O3/c1-20(2)25(19(27)18(22)23)16(9-21)17(28-20)13-5-3-12(4-6-13)14-7-8-15(11-26)24-10-14/h3-8,10,16-18,26H,9,11H2,1-2H3. The van der Waals surface area contributed by atoms with E-state index >= 15 is 0 Å². The Labute approximate surface area is 160 Å². The number of pyridine rings is 1. The molecular weight excluding hydrogens is 373 g/mol. The first kappa shape index (κ1) is 20.3. The number of carbonyl (C=O) groups is 1. The molecule has 2 aromatic rings. The van der Waals surface area contributed by atoms with Crippen molar-refractivity contribution in [2.75, 3.05) is 6.67 Å². The van der Waals surface area contributed by atoms with Crippen molar-refractivity contribution in [3.8, 4) is 11.1 Å². The van der Waals surface area contributed by atoms with Gasteiger partial charge in [-0.3, -0.25) is 9.78 Å². The summed E-state index contributed by atoms with van der Waals surface area (Å²) in [5, 5.41) is 9.06. The summed E-state index contributed by atoms with van der Waals surface area (Å²) in [6.45, 7) is 1.80. The maximum atomic E-state index is 13.7. The zero-order valence-electron chi connectivity index (χ0n) is 15.5. The van der Waals surface area contributed by atoms with Gasteiger partial charge in [0.1, 0.15) is 18.5 Å². The summed E-state index contributed by atoms with van der Waals surface area (Å²) < 4.78 is 45.4. The van der Waals surface area contributed by atoms with Gasteiger partial charge in [-0.15, -0.1) is 0 Å². The van der Waals surface area contributed by atoms with Crippen LogP contribution in [0.4, 0.5) is 13.2 Å².